The van der Waals surface area contributed by atoms with Gasteiger partial charge >= 0.3 is 5.97 Å². The van der Waals surface area contributed by atoms with Gasteiger partial charge in [-0.25, -0.2) is 9.78 Å². The van der Waals surface area contributed by atoms with Crippen molar-refractivity contribution in [3.63, 3.8) is 0 Å². The highest BCUT2D eigenvalue weighted by molar-refractivity contribution is 9.10. The maximum atomic E-state index is 11.5. The Morgan fingerprint density at radius 3 is 2.54 bits per heavy atom. The van der Waals surface area contributed by atoms with E-state index in [1.54, 1.807) is 31.4 Å². The summed E-state index contributed by atoms with van der Waals surface area (Å²) in [5.74, 6) is -0.186. The van der Waals surface area contributed by atoms with Crippen molar-refractivity contribution >= 4 is 45.0 Å². The third-order valence-electron chi connectivity index (χ3n) is 3.58. The molecule has 0 saturated carbocycles. The molecule has 2 aromatic carbocycles. The summed E-state index contributed by atoms with van der Waals surface area (Å²) in [4.78, 5) is 16.1. The van der Waals surface area contributed by atoms with Gasteiger partial charge in [-0.1, -0.05) is 34.1 Å². The van der Waals surface area contributed by atoms with Crippen LogP contribution in [-0.2, 0) is 0 Å². The first-order valence-corrected chi connectivity index (χ1v) is 8.02. The fourth-order valence-electron chi connectivity index (χ4n) is 2.38. The van der Waals surface area contributed by atoms with Crippen molar-refractivity contribution in [2.45, 2.75) is 0 Å². The molecule has 0 aliphatic carbocycles. The van der Waals surface area contributed by atoms with Crippen molar-refractivity contribution in [1.29, 1.82) is 0 Å². The second-order valence-electron chi connectivity index (χ2n) is 5.17. The molecule has 1 N–H and O–H groups in total. The van der Waals surface area contributed by atoms with Crippen molar-refractivity contribution in [1.82, 2.24) is 4.98 Å². The van der Waals surface area contributed by atoms with Crippen molar-refractivity contribution < 1.29 is 14.6 Å². The van der Waals surface area contributed by atoms with E-state index in [0.29, 0.717) is 16.6 Å². The van der Waals surface area contributed by atoms with Gasteiger partial charge in [0.2, 0.25) is 0 Å². The average Bonchev–Trinajstić information content (AvgIpc) is 2.59. The monoisotopic (exact) mass is 383 g/mol. The van der Waals surface area contributed by atoms with Crippen LogP contribution in [0.25, 0.3) is 23.1 Å². The van der Waals surface area contributed by atoms with Gasteiger partial charge < -0.3 is 9.84 Å². The molecule has 120 valence electrons. The number of aromatic carboxylic acids is 1. The number of ether oxygens (including phenoxy) is 1. The van der Waals surface area contributed by atoms with E-state index in [9.17, 15) is 9.90 Å². The molecule has 0 fully saturated rings. The summed E-state index contributed by atoms with van der Waals surface area (Å²) in [6.45, 7) is 0. The first kappa shape index (κ1) is 16.2. The molecule has 0 amide bonds. The lowest BCUT2D eigenvalue weighted by Gasteiger charge is -2.05. The van der Waals surface area contributed by atoms with Crippen molar-refractivity contribution in [3.8, 4) is 5.75 Å². The zero-order valence-corrected chi connectivity index (χ0v) is 14.4. The highest BCUT2D eigenvalue weighted by Gasteiger charge is 2.11. The number of nitrogens with zero attached hydrogens (tertiary/aromatic N) is 1. The Labute approximate surface area is 147 Å². The topological polar surface area (TPSA) is 59.4 Å². The number of aromatic nitrogens is 1. The first-order chi connectivity index (χ1) is 11.6. The van der Waals surface area contributed by atoms with Crippen LogP contribution in [0.2, 0.25) is 0 Å². The number of carboxylic acids is 1. The standard InChI is InChI=1S/C19H14BrNO3/c1-24-15-7-3-12(4-8-15)2-6-14-11-17(19(22)23)16-10-13(20)5-9-18(16)21-14/h2-11H,1H3,(H,22,23). The second-order valence-corrected chi connectivity index (χ2v) is 6.08. The number of methoxy groups -OCH3 is 1. The van der Waals surface area contributed by atoms with Gasteiger partial charge in [-0.15, -0.1) is 0 Å². The Morgan fingerprint density at radius 1 is 1.12 bits per heavy atom. The molecule has 3 aromatic rings. The lowest BCUT2D eigenvalue weighted by molar-refractivity contribution is 0.0699. The summed E-state index contributed by atoms with van der Waals surface area (Å²) >= 11 is 3.36. The summed E-state index contributed by atoms with van der Waals surface area (Å²) in [5.41, 5.74) is 2.45. The minimum atomic E-state index is -0.973. The number of pyridine rings is 1. The summed E-state index contributed by atoms with van der Waals surface area (Å²) in [6.07, 6.45) is 3.69. The number of fused-ring (bicyclic) bond motifs is 1. The van der Waals surface area contributed by atoms with Crippen molar-refractivity contribution in [2.75, 3.05) is 7.11 Å². The normalized spacial score (nSPS) is 11.1. The molecular formula is C19H14BrNO3. The van der Waals surface area contributed by atoms with E-state index in [-0.39, 0.29) is 5.56 Å². The number of halogens is 1. The largest absolute Gasteiger partial charge is 0.497 e. The number of carbonyl (C=O) groups is 1. The molecule has 0 bridgehead atoms. The number of hydrogen-bond acceptors (Lipinski definition) is 3. The molecule has 0 radical (unpaired) electrons. The molecular weight excluding hydrogens is 370 g/mol. The van der Waals surface area contributed by atoms with Crippen LogP contribution in [-0.4, -0.2) is 23.2 Å². The van der Waals surface area contributed by atoms with E-state index >= 15 is 0 Å². The molecule has 24 heavy (non-hydrogen) atoms. The summed E-state index contributed by atoms with van der Waals surface area (Å²) in [6, 6.07) is 14.6. The first-order valence-electron chi connectivity index (χ1n) is 7.22. The van der Waals surface area contributed by atoms with E-state index in [0.717, 1.165) is 15.8 Å². The number of benzene rings is 2. The SMILES string of the molecule is COc1ccc(C=Cc2cc(C(=O)O)c3cc(Br)ccc3n2)cc1. The van der Waals surface area contributed by atoms with Crippen LogP contribution < -0.4 is 4.74 Å². The van der Waals surface area contributed by atoms with E-state index < -0.39 is 5.97 Å². The Balaban J connectivity index is 2.01. The molecule has 0 aliphatic rings. The van der Waals surface area contributed by atoms with Crippen molar-refractivity contribution in [3.05, 3.63) is 69.8 Å². The van der Waals surface area contributed by atoms with Crippen LogP contribution in [0, 0.1) is 0 Å². The van der Waals surface area contributed by atoms with Crippen LogP contribution in [0.5, 0.6) is 5.75 Å². The van der Waals surface area contributed by atoms with Gasteiger partial charge in [0, 0.05) is 9.86 Å². The fraction of sp³-hybridized carbons (Fsp3) is 0.0526. The highest BCUT2D eigenvalue weighted by Crippen LogP contribution is 2.24. The lowest BCUT2D eigenvalue weighted by Crippen LogP contribution is -2.00. The molecule has 1 heterocycles. The molecule has 5 heteroatoms. The molecule has 4 nitrogen and oxygen atoms in total. The van der Waals surface area contributed by atoms with Crippen LogP contribution in [0.4, 0.5) is 0 Å². The van der Waals surface area contributed by atoms with Crippen molar-refractivity contribution in [2.24, 2.45) is 0 Å². The highest BCUT2D eigenvalue weighted by atomic mass is 79.9. The molecule has 1 aromatic heterocycles. The second kappa shape index (κ2) is 6.84. The van der Waals surface area contributed by atoms with Gasteiger partial charge in [0.1, 0.15) is 5.75 Å². The summed E-state index contributed by atoms with van der Waals surface area (Å²) in [5, 5.41) is 10.1. The molecule has 3 rings (SSSR count). The Morgan fingerprint density at radius 2 is 1.88 bits per heavy atom. The van der Waals surface area contributed by atoms with Crippen LogP contribution >= 0.6 is 15.9 Å². The van der Waals surface area contributed by atoms with Gasteiger partial charge in [0.25, 0.3) is 0 Å². The van der Waals surface area contributed by atoms with Gasteiger partial charge in [-0.2, -0.15) is 0 Å². The quantitative estimate of drug-likeness (QED) is 0.697. The third kappa shape index (κ3) is 3.46. The van der Waals surface area contributed by atoms with Gasteiger partial charge in [-0.3, -0.25) is 0 Å². The number of rotatable bonds is 4. The maximum Gasteiger partial charge on any atom is 0.336 e. The number of hydrogen-bond donors (Lipinski definition) is 1. The van der Waals surface area contributed by atoms with E-state index in [2.05, 4.69) is 20.9 Å². The number of carboxylic acid groups (broad SMARTS) is 1. The molecule has 0 saturated heterocycles. The molecule has 0 atom stereocenters. The lowest BCUT2D eigenvalue weighted by atomic mass is 10.1. The third-order valence-corrected chi connectivity index (χ3v) is 4.08. The summed E-state index contributed by atoms with van der Waals surface area (Å²) < 4.78 is 5.95. The predicted molar refractivity (Wildman–Crippen MR) is 98.3 cm³/mol. The van der Waals surface area contributed by atoms with Crippen LogP contribution in [0.15, 0.2) is 53.0 Å². The maximum absolute atomic E-state index is 11.5. The van der Waals surface area contributed by atoms with E-state index in [4.69, 9.17) is 4.74 Å². The Bertz CT molecular complexity index is 933. The Hall–Kier alpha value is -2.66. The van der Waals surface area contributed by atoms with Crippen LogP contribution in [0.1, 0.15) is 21.6 Å². The zero-order valence-electron chi connectivity index (χ0n) is 12.9. The Kier molecular flexibility index (Phi) is 4.62. The van der Waals surface area contributed by atoms with Gasteiger partial charge in [0.05, 0.1) is 23.9 Å². The molecule has 0 aliphatic heterocycles. The fourth-order valence-corrected chi connectivity index (χ4v) is 2.74. The molecule has 0 unspecified atom stereocenters. The van der Waals surface area contributed by atoms with E-state index in [1.165, 1.54) is 0 Å². The van der Waals surface area contributed by atoms with Gasteiger partial charge in [-0.05, 0) is 48.0 Å². The zero-order chi connectivity index (χ0) is 17.1. The minimum Gasteiger partial charge on any atom is -0.497 e. The summed E-state index contributed by atoms with van der Waals surface area (Å²) in [7, 11) is 1.62. The van der Waals surface area contributed by atoms with Crippen LogP contribution in [0.3, 0.4) is 0 Å². The average molecular weight is 384 g/mol. The minimum absolute atomic E-state index is 0.232. The van der Waals surface area contributed by atoms with E-state index in [1.807, 2.05) is 36.4 Å². The molecule has 0 spiro atoms. The predicted octanol–water partition coefficient (Wildman–Crippen LogP) is 4.87. The van der Waals surface area contributed by atoms with Gasteiger partial charge in [0.15, 0.2) is 0 Å². The smallest absolute Gasteiger partial charge is 0.336 e.